The maximum atomic E-state index is 12.2. The highest BCUT2D eigenvalue weighted by atomic mass is 16.3. The number of aromatic amines is 1. The highest BCUT2D eigenvalue weighted by Gasteiger charge is 2.28. The second-order valence-electron chi connectivity index (χ2n) is 6.74. The summed E-state index contributed by atoms with van der Waals surface area (Å²) in [6, 6.07) is 9.86. The molecule has 3 N–H and O–H groups in total. The van der Waals surface area contributed by atoms with Crippen molar-refractivity contribution in [3.63, 3.8) is 0 Å². The Labute approximate surface area is 147 Å². The van der Waals surface area contributed by atoms with Gasteiger partial charge >= 0.3 is 0 Å². The van der Waals surface area contributed by atoms with Gasteiger partial charge in [0, 0.05) is 29.1 Å². The van der Waals surface area contributed by atoms with Gasteiger partial charge in [-0.15, -0.1) is 0 Å². The van der Waals surface area contributed by atoms with E-state index in [0.717, 1.165) is 22.2 Å². The molecular formula is C20H24N2O3. The molecule has 0 aliphatic heterocycles. The number of nitrogens with one attached hydrogen (secondary N) is 2. The maximum absolute atomic E-state index is 12.2. The maximum Gasteiger partial charge on any atom is 0.220 e. The first-order valence-corrected chi connectivity index (χ1v) is 8.48. The average molecular weight is 340 g/mol. The van der Waals surface area contributed by atoms with Gasteiger partial charge in [0.15, 0.2) is 0 Å². The van der Waals surface area contributed by atoms with Crippen molar-refractivity contribution in [2.75, 3.05) is 6.54 Å². The summed E-state index contributed by atoms with van der Waals surface area (Å²) in [4.78, 5) is 15.4. The summed E-state index contributed by atoms with van der Waals surface area (Å²) in [7, 11) is 0. The van der Waals surface area contributed by atoms with E-state index < -0.39 is 5.60 Å². The quantitative estimate of drug-likeness (QED) is 0.644. The van der Waals surface area contributed by atoms with E-state index in [-0.39, 0.29) is 12.5 Å². The van der Waals surface area contributed by atoms with Crippen molar-refractivity contribution in [2.24, 2.45) is 0 Å². The smallest absolute Gasteiger partial charge is 0.220 e. The Hall–Kier alpha value is -2.53. The van der Waals surface area contributed by atoms with E-state index in [4.69, 9.17) is 4.42 Å². The molecule has 1 unspecified atom stereocenters. The van der Waals surface area contributed by atoms with E-state index in [2.05, 4.69) is 10.3 Å². The lowest BCUT2D eigenvalue weighted by atomic mass is 9.96. The van der Waals surface area contributed by atoms with Gasteiger partial charge in [0.25, 0.3) is 0 Å². The van der Waals surface area contributed by atoms with Gasteiger partial charge in [0.2, 0.25) is 5.91 Å². The fraction of sp³-hybridized carbons (Fsp3) is 0.350. The van der Waals surface area contributed by atoms with Gasteiger partial charge in [0.1, 0.15) is 17.1 Å². The SMILES string of the molecule is Cc1cc(C(C)(O)CNC(=O)CCc2c[nH]c3ccccc23)c(C)o1. The van der Waals surface area contributed by atoms with E-state index in [1.54, 1.807) is 6.92 Å². The van der Waals surface area contributed by atoms with Crippen molar-refractivity contribution in [3.05, 3.63) is 59.2 Å². The van der Waals surface area contributed by atoms with Gasteiger partial charge in [-0.1, -0.05) is 18.2 Å². The highest BCUT2D eigenvalue weighted by molar-refractivity contribution is 5.84. The summed E-state index contributed by atoms with van der Waals surface area (Å²) < 4.78 is 5.47. The van der Waals surface area contributed by atoms with Gasteiger partial charge in [0.05, 0.1) is 6.54 Å². The van der Waals surface area contributed by atoms with Crippen LogP contribution < -0.4 is 5.32 Å². The van der Waals surface area contributed by atoms with Crippen LogP contribution in [0, 0.1) is 13.8 Å². The van der Waals surface area contributed by atoms with Crippen LogP contribution >= 0.6 is 0 Å². The molecule has 0 radical (unpaired) electrons. The van der Waals surface area contributed by atoms with Gasteiger partial charge in [-0.3, -0.25) is 4.79 Å². The number of hydrogen-bond donors (Lipinski definition) is 3. The first-order chi connectivity index (χ1) is 11.9. The molecule has 5 nitrogen and oxygen atoms in total. The van der Waals surface area contributed by atoms with Crippen LogP contribution in [0.3, 0.4) is 0 Å². The number of aromatic nitrogens is 1. The third-order valence-electron chi connectivity index (χ3n) is 4.55. The minimum absolute atomic E-state index is 0.0802. The molecule has 3 aromatic rings. The van der Waals surface area contributed by atoms with Crippen LogP contribution in [-0.2, 0) is 16.8 Å². The Morgan fingerprint density at radius 1 is 1.32 bits per heavy atom. The fourth-order valence-corrected chi connectivity index (χ4v) is 3.21. The van der Waals surface area contributed by atoms with Gasteiger partial charge in [-0.2, -0.15) is 0 Å². The fourth-order valence-electron chi connectivity index (χ4n) is 3.21. The van der Waals surface area contributed by atoms with Crippen LogP contribution in [0.25, 0.3) is 10.9 Å². The second-order valence-corrected chi connectivity index (χ2v) is 6.74. The molecule has 2 heterocycles. The number of carbonyl (C=O) groups is 1. The molecule has 0 saturated carbocycles. The number of hydrogen-bond acceptors (Lipinski definition) is 3. The number of aliphatic hydroxyl groups is 1. The van der Waals surface area contributed by atoms with Crippen molar-refractivity contribution >= 4 is 16.8 Å². The van der Waals surface area contributed by atoms with Gasteiger partial charge < -0.3 is 19.8 Å². The minimum Gasteiger partial charge on any atom is -0.466 e. The molecule has 3 rings (SSSR count). The number of benzene rings is 1. The molecule has 0 aliphatic rings. The molecule has 1 atom stereocenters. The van der Waals surface area contributed by atoms with Crippen LogP contribution in [0.2, 0.25) is 0 Å². The molecule has 0 spiro atoms. The van der Waals surface area contributed by atoms with Gasteiger partial charge in [-0.05, 0) is 44.9 Å². The molecule has 0 saturated heterocycles. The molecule has 2 aromatic heterocycles. The molecule has 1 amide bonds. The van der Waals surface area contributed by atoms with Crippen molar-refractivity contribution in [1.29, 1.82) is 0 Å². The third kappa shape index (κ3) is 3.77. The number of para-hydroxylation sites is 1. The zero-order valence-electron chi connectivity index (χ0n) is 14.8. The molecular weight excluding hydrogens is 316 g/mol. The molecule has 1 aromatic carbocycles. The lowest BCUT2D eigenvalue weighted by molar-refractivity contribution is -0.122. The summed E-state index contributed by atoms with van der Waals surface area (Å²) in [5.41, 5.74) is 1.76. The molecule has 5 heteroatoms. The van der Waals surface area contributed by atoms with E-state index in [9.17, 15) is 9.90 Å². The van der Waals surface area contributed by atoms with Crippen molar-refractivity contribution in [1.82, 2.24) is 10.3 Å². The van der Waals surface area contributed by atoms with Crippen molar-refractivity contribution < 1.29 is 14.3 Å². The topological polar surface area (TPSA) is 78.3 Å². The molecule has 0 fully saturated rings. The predicted octanol–water partition coefficient (Wildman–Crippen LogP) is 3.33. The van der Waals surface area contributed by atoms with Crippen LogP contribution in [0.4, 0.5) is 0 Å². The van der Waals surface area contributed by atoms with Crippen molar-refractivity contribution in [2.45, 2.75) is 39.2 Å². The van der Waals surface area contributed by atoms with Crippen molar-refractivity contribution in [3.8, 4) is 0 Å². The van der Waals surface area contributed by atoms with E-state index in [1.807, 2.05) is 50.4 Å². The Bertz CT molecular complexity index is 889. The number of aryl methyl sites for hydroxylation is 3. The number of furan rings is 1. The molecule has 0 bridgehead atoms. The zero-order chi connectivity index (χ0) is 18.0. The number of fused-ring (bicyclic) bond motifs is 1. The van der Waals surface area contributed by atoms with Crippen LogP contribution in [0.5, 0.6) is 0 Å². The minimum atomic E-state index is -1.15. The first-order valence-electron chi connectivity index (χ1n) is 8.48. The lowest BCUT2D eigenvalue weighted by Crippen LogP contribution is -2.38. The van der Waals surface area contributed by atoms with E-state index in [0.29, 0.717) is 24.2 Å². The standard InChI is InChI=1S/C20H24N2O3/c1-13-10-17(14(2)25-13)20(3,24)12-22-19(23)9-8-15-11-21-18-7-5-4-6-16(15)18/h4-7,10-11,21,24H,8-9,12H2,1-3H3,(H,22,23). The Morgan fingerprint density at radius 3 is 2.80 bits per heavy atom. The average Bonchev–Trinajstić information content (AvgIpc) is 3.14. The lowest BCUT2D eigenvalue weighted by Gasteiger charge is -2.23. The number of H-pyrrole nitrogens is 1. The van der Waals surface area contributed by atoms with E-state index >= 15 is 0 Å². The largest absolute Gasteiger partial charge is 0.466 e. The predicted molar refractivity (Wildman–Crippen MR) is 97.4 cm³/mol. The number of amides is 1. The Morgan fingerprint density at radius 2 is 2.08 bits per heavy atom. The summed E-state index contributed by atoms with van der Waals surface area (Å²) in [5.74, 6) is 1.34. The summed E-state index contributed by atoms with van der Waals surface area (Å²) >= 11 is 0. The van der Waals surface area contributed by atoms with E-state index in [1.165, 1.54) is 0 Å². The normalized spacial score (nSPS) is 13.8. The monoisotopic (exact) mass is 340 g/mol. The summed E-state index contributed by atoms with van der Waals surface area (Å²) in [6.45, 7) is 5.49. The Balaban J connectivity index is 1.57. The molecule has 0 aliphatic carbocycles. The van der Waals surface area contributed by atoms with Crippen LogP contribution in [0.15, 0.2) is 40.9 Å². The summed E-state index contributed by atoms with van der Waals surface area (Å²) in [6.07, 6.45) is 2.98. The Kier molecular flexibility index (Phi) is 4.68. The number of carbonyl (C=O) groups excluding carboxylic acids is 1. The van der Waals surface area contributed by atoms with Crippen LogP contribution in [-0.4, -0.2) is 22.5 Å². The second kappa shape index (κ2) is 6.76. The summed E-state index contributed by atoms with van der Waals surface area (Å²) in [5, 5.41) is 14.6. The molecule has 132 valence electrons. The van der Waals surface area contributed by atoms with Crippen LogP contribution in [0.1, 0.15) is 36.0 Å². The number of rotatable bonds is 6. The zero-order valence-corrected chi connectivity index (χ0v) is 14.8. The third-order valence-corrected chi connectivity index (χ3v) is 4.55. The molecule has 25 heavy (non-hydrogen) atoms. The highest BCUT2D eigenvalue weighted by Crippen LogP contribution is 2.26. The first kappa shape index (κ1) is 17.3. The van der Waals surface area contributed by atoms with Gasteiger partial charge in [-0.25, -0.2) is 0 Å².